The molecule has 10 nitrogen and oxygen atoms in total. The molecule has 36 heavy (non-hydrogen) atoms. The summed E-state index contributed by atoms with van der Waals surface area (Å²) in [6, 6.07) is 10.9. The number of nitrogens with one attached hydrogen (secondary N) is 2. The number of anilines is 1. The second-order valence-electron chi connectivity index (χ2n) is 8.81. The number of rotatable bonds is 4. The Labute approximate surface area is 212 Å². The Morgan fingerprint density at radius 1 is 1.17 bits per heavy atom. The molecule has 4 heterocycles. The minimum atomic E-state index is -0.421. The van der Waals surface area contributed by atoms with E-state index in [2.05, 4.69) is 48.7 Å². The number of amides is 2. The van der Waals surface area contributed by atoms with Gasteiger partial charge in [0, 0.05) is 36.4 Å². The molecular weight excluding hydrogens is 478 g/mol. The van der Waals surface area contributed by atoms with Crippen molar-refractivity contribution in [1.82, 2.24) is 34.9 Å². The first-order valence-electron chi connectivity index (χ1n) is 11.5. The van der Waals surface area contributed by atoms with Crippen LogP contribution in [0.5, 0.6) is 0 Å². The molecule has 5 rings (SSSR count). The van der Waals surface area contributed by atoms with Crippen LogP contribution in [0.25, 0.3) is 33.5 Å². The maximum absolute atomic E-state index is 12.8. The first-order chi connectivity index (χ1) is 17.4. The quantitative estimate of drug-likeness (QED) is 0.435. The van der Waals surface area contributed by atoms with Gasteiger partial charge < -0.3 is 10.2 Å². The zero-order chi connectivity index (χ0) is 25.2. The van der Waals surface area contributed by atoms with Crippen molar-refractivity contribution in [2.45, 2.75) is 18.9 Å². The summed E-state index contributed by atoms with van der Waals surface area (Å²) in [5.74, 6) is 0.0703. The second-order valence-corrected chi connectivity index (χ2v) is 9.22. The van der Waals surface area contributed by atoms with Crippen molar-refractivity contribution < 1.29 is 4.79 Å². The van der Waals surface area contributed by atoms with Crippen molar-refractivity contribution >= 4 is 34.4 Å². The van der Waals surface area contributed by atoms with Crippen molar-refractivity contribution in [1.29, 1.82) is 5.26 Å². The fourth-order valence-corrected chi connectivity index (χ4v) is 4.56. The number of urea groups is 1. The molecule has 1 saturated heterocycles. The van der Waals surface area contributed by atoms with Crippen molar-refractivity contribution in [3.63, 3.8) is 0 Å². The third kappa shape index (κ3) is 4.84. The number of hydrogen-bond donors (Lipinski definition) is 2. The van der Waals surface area contributed by atoms with Gasteiger partial charge in [-0.25, -0.2) is 14.8 Å². The van der Waals surface area contributed by atoms with E-state index in [0.29, 0.717) is 33.2 Å². The first-order valence-corrected chi connectivity index (χ1v) is 11.9. The highest BCUT2D eigenvalue weighted by Crippen LogP contribution is 2.34. The van der Waals surface area contributed by atoms with E-state index < -0.39 is 6.03 Å². The van der Waals surface area contributed by atoms with Crippen LogP contribution >= 0.6 is 11.6 Å². The maximum Gasteiger partial charge on any atom is 0.320 e. The number of aromatic nitrogens is 5. The van der Waals surface area contributed by atoms with Gasteiger partial charge in [0.1, 0.15) is 23.2 Å². The summed E-state index contributed by atoms with van der Waals surface area (Å²) in [6.45, 7) is 1.83. The average molecular weight is 502 g/mol. The van der Waals surface area contributed by atoms with Crippen molar-refractivity contribution in [2.24, 2.45) is 7.05 Å². The van der Waals surface area contributed by atoms with Crippen LogP contribution in [-0.4, -0.2) is 61.8 Å². The van der Waals surface area contributed by atoms with E-state index in [1.54, 1.807) is 36.3 Å². The number of benzene rings is 1. The van der Waals surface area contributed by atoms with Crippen molar-refractivity contribution in [2.75, 3.05) is 25.5 Å². The zero-order valence-corrected chi connectivity index (χ0v) is 20.6. The molecule has 182 valence electrons. The molecule has 0 radical (unpaired) electrons. The Morgan fingerprint density at radius 2 is 1.97 bits per heavy atom. The molecule has 0 unspecified atom stereocenters. The van der Waals surface area contributed by atoms with Crippen LogP contribution < -0.4 is 10.6 Å². The number of hydrogen-bond acceptors (Lipinski definition) is 7. The highest BCUT2D eigenvalue weighted by atomic mass is 35.5. The summed E-state index contributed by atoms with van der Waals surface area (Å²) < 4.78 is 1.65. The van der Waals surface area contributed by atoms with Crippen LogP contribution in [0.3, 0.4) is 0 Å². The Balaban J connectivity index is 1.55. The Bertz CT molecular complexity index is 1480. The predicted octanol–water partition coefficient (Wildman–Crippen LogP) is 3.83. The van der Waals surface area contributed by atoms with Gasteiger partial charge >= 0.3 is 6.03 Å². The number of pyridine rings is 1. The highest BCUT2D eigenvalue weighted by molar-refractivity contribution is 6.35. The number of aryl methyl sites for hydroxylation is 1. The van der Waals surface area contributed by atoms with E-state index in [-0.39, 0.29) is 17.6 Å². The number of piperidine rings is 1. The second kappa shape index (κ2) is 9.89. The minimum absolute atomic E-state index is 0.00869. The van der Waals surface area contributed by atoms with E-state index in [1.807, 2.05) is 18.2 Å². The molecule has 0 bridgehead atoms. The van der Waals surface area contributed by atoms with E-state index in [0.717, 1.165) is 31.3 Å². The molecule has 1 aliphatic rings. The molecular formula is C25H24ClN9O. The monoisotopic (exact) mass is 501 g/mol. The summed E-state index contributed by atoms with van der Waals surface area (Å²) in [7, 11) is 3.86. The third-order valence-electron chi connectivity index (χ3n) is 6.18. The SMILES string of the molecule is CN1CCC(NC(=O)Nc2nc(-c3ccn(C)n3)c(-c3cc(Cl)c4ncccc4c3)nc2C#N)CC1. The molecule has 1 fully saturated rings. The fraction of sp³-hybridized carbons (Fsp3) is 0.280. The van der Waals surface area contributed by atoms with Crippen LogP contribution in [-0.2, 0) is 7.05 Å². The van der Waals surface area contributed by atoms with Gasteiger partial charge in [-0.1, -0.05) is 17.7 Å². The van der Waals surface area contributed by atoms with Crippen LogP contribution in [0.1, 0.15) is 18.5 Å². The molecule has 2 amide bonds. The third-order valence-corrected chi connectivity index (χ3v) is 6.46. The summed E-state index contributed by atoms with van der Waals surface area (Å²) >= 11 is 6.53. The summed E-state index contributed by atoms with van der Waals surface area (Å²) in [5, 5.41) is 21.3. The van der Waals surface area contributed by atoms with Crippen LogP contribution in [0, 0.1) is 11.3 Å². The van der Waals surface area contributed by atoms with Gasteiger partial charge in [-0.2, -0.15) is 10.4 Å². The Kier molecular flexibility index (Phi) is 6.50. The smallest absolute Gasteiger partial charge is 0.320 e. The van der Waals surface area contributed by atoms with Gasteiger partial charge in [-0.05, 0) is 57.2 Å². The lowest BCUT2D eigenvalue weighted by molar-refractivity contribution is 0.221. The molecule has 0 saturated carbocycles. The predicted molar refractivity (Wildman–Crippen MR) is 137 cm³/mol. The van der Waals surface area contributed by atoms with Crippen LogP contribution in [0.2, 0.25) is 5.02 Å². The lowest BCUT2D eigenvalue weighted by Gasteiger charge is -2.29. The molecule has 0 spiro atoms. The fourth-order valence-electron chi connectivity index (χ4n) is 4.29. The van der Waals surface area contributed by atoms with Gasteiger partial charge in [0.05, 0.1) is 10.5 Å². The number of carbonyl (C=O) groups excluding carboxylic acids is 1. The van der Waals surface area contributed by atoms with E-state index >= 15 is 0 Å². The molecule has 2 N–H and O–H groups in total. The number of fused-ring (bicyclic) bond motifs is 1. The van der Waals surface area contributed by atoms with E-state index in [1.165, 1.54) is 0 Å². The number of likely N-dealkylation sites (tertiary alicyclic amines) is 1. The van der Waals surface area contributed by atoms with E-state index in [9.17, 15) is 10.1 Å². The number of halogens is 1. The average Bonchev–Trinajstić information content (AvgIpc) is 3.31. The molecule has 11 heteroatoms. The summed E-state index contributed by atoms with van der Waals surface area (Å²) in [4.78, 5) is 28.6. The van der Waals surface area contributed by atoms with Crippen LogP contribution in [0.4, 0.5) is 10.6 Å². The minimum Gasteiger partial charge on any atom is -0.335 e. The Hall–Kier alpha value is -4.07. The normalized spacial score (nSPS) is 14.5. The van der Waals surface area contributed by atoms with Gasteiger partial charge in [-0.15, -0.1) is 0 Å². The maximum atomic E-state index is 12.8. The molecule has 0 aliphatic carbocycles. The zero-order valence-electron chi connectivity index (χ0n) is 19.9. The van der Waals surface area contributed by atoms with Crippen molar-refractivity contribution in [3.05, 3.63) is 53.4 Å². The molecule has 1 aromatic carbocycles. The standard InChI is InChI=1S/C25H24ClN9O/c1-34-9-5-17(6-10-34)29-25(36)32-24-20(14-27)30-22(23(31-24)19-7-11-35(2)33-19)16-12-15-4-3-8-28-21(15)18(26)13-16/h3-4,7-8,11-13,17H,5-6,9-10H2,1-2H3,(H2,29,31,32,36). The highest BCUT2D eigenvalue weighted by Gasteiger charge is 2.23. The Morgan fingerprint density at radius 3 is 2.69 bits per heavy atom. The van der Waals surface area contributed by atoms with Gasteiger partial charge in [0.15, 0.2) is 11.5 Å². The number of nitriles is 1. The first kappa shape index (κ1) is 23.7. The van der Waals surface area contributed by atoms with Gasteiger partial charge in [0.25, 0.3) is 0 Å². The lowest BCUT2D eigenvalue weighted by atomic mass is 10.0. The lowest BCUT2D eigenvalue weighted by Crippen LogP contribution is -2.45. The van der Waals surface area contributed by atoms with Gasteiger partial charge in [-0.3, -0.25) is 15.0 Å². The topological polar surface area (TPSA) is 125 Å². The number of nitrogens with zero attached hydrogens (tertiary/aromatic N) is 7. The number of carbonyl (C=O) groups is 1. The van der Waals surface area contributed by atoms with Gasteiger partial charge in [0.2, 0.25) is 0 Å². The molecule has 0 atom stereocenters. The van der Waals surface area contributed by atoms with E-state index in [4.69, 9.17) is 11.6 Å². The molecule has 3 aromatic heterocycles. The van der Waals surface area contributed by atoms with Crippen LogP contribution in [0.15, 0.2) is 42.7 Å². The summed E-state index contributed by atoms with van der Waals surface area (Å²) in [6.07, 6.45) is 5.18. The van der Waals surface area contributed by atoms with Crippen molar-refractivity contribution in [3.8, 4) is 28.7 Å². The molecule has 4 aromatic rings. The molecule has 1 aliphatic heterocycles. The largest absolute Gasteiger partial charge is 0.335 e. The summed E-state index contributed by atoms with van der Waals surface area (Å²) in [5.41, 5.74) is 2.71.